The maximum Gasteiger partial charge on any atom is 0.321 e. The molecule has 2 atom stereocenters. The van der Waals surface area contributed by atoms with Crippen LogP contribution < -0.4 is 5.73 Å². The van der Waals surface area contributed by atoms with Gasteiger partial charge in [0.05, 0.1) is 0 Å². The second kappa shape index (κ2) is 9.62. The third kappa shape index (κ3) is 4.48. The Labute approximate surface area is 187 Å². The van der Waals surface area contributed by atoms with E-state index in [4.69, 9.17) is 10.5 Å². The molecule has 32 heavy (non-hydrogen) atoms. The van der Waals surface area contributed by atoms with Gasteiger partial charge in [0.25, 0.3) is 0 Å². The highest BCUT2D eigenvalue weighted by atomic mass is 16.5. The van der Waals surface area contributed by atoms with Gasteiger partial charge in [0.1, 0.15) is 6.61 Å². The monoisotopic (exact) mass is 427 g/mol. The van der Waals surface area contributed by atoms with Crippen LogP contribution in [0.15, 0.2) is 84.9 Å². The number of carboxylic acids is 1. The number of nitrogens with two attached hydrogens (primary N) is 1. The van der Waals surface area contributed by atoms with Crippen LogP contribution in [0.5, 0.6) is 0 Å². The molecule has 0 aromatic heterocycles. The van der Waals surface area contributed by atoms with Crippen LogP contribution in [0.25, 0.3) is 17.2 Å². The fourth-order valence-corrected chi connectivity index (χ4v) is 4.21. The minimum atomic E-state index is -1.43. The summed E-state index contributed by atoms with van der Waals surface area (Å²) in [6.07, 6.45) is 3.89. The lowest BCUT2D eigenvalue weighted by Gasteiger charge is -2.20. The summed E-state index contributed by atoms with van der Waals surface area (Å²) in [5.41, 5.74) is 11.4. The van der Waals surface area contributed by atoms with Crippen LogP contribution in [0.4, 0.5) is 0 Å². The summed E-state index contributed by atoms with van der Waals surface area (Å²) in [6, 6.07) is 24.7. The predicted octanol–water partition coefficient (Wildman–Crippen LogP) is 4.47. The van der Waals surface area contributed by atoms with E-state index in [1.165, 1.54) is 0 Å². The van der Waals surface area contributed by atoms with E-state index < -0.39 is 23.9 Å². The number of hydrogen-bond donors (Lipinski definition) is 2. The first-order valence-corrected chi connectivity index (χ1v) is 10.6. The molecule has 3 N–H and O–H groups in total. The van der Waals surface area contributed by atoms with Gasteiger partial charge in [-0.3, -0.25) is 9.59 Å². The normalized spacial score (nSPS) is 14.5. The zero-order chi connectivity index (χ0) is 22.5. The van der Waals surface area contributed by atoms with Gasteiger partial charge in [-0.1, -0.05) is 91.0 Å². The summed E-state index contributed by atoms with van der Waals surface area (Å²) < 4.78 is 5.53. The molecule has 4 rings (SSSR count). The van der Waals surface area contributed by atoms with Crippen LogP contribution in [0, 0.1) is 5.92 Å². The van der Waals surface area contributed by atoms with Gasteiger partial charge >= 0.3 is 11.9 Å². The van der Waals surface area contributed by atoms with Gasteiger partial charge in [0.15, 0.2) is 5.92 Å². The van der Waals surface area contributed by atoms with Crippen LogP contribution in [0.1, 0.15) is 29.0 Å². The Balaban J connectivity index is 1.44. The van der Waals surface area contributed by atoms with Crippen LogP contribution in [-0.4, -0.2) is 29.7 Å². The average Bonchev–Trinajstić information content (AvgIpc) is 3.12. The van der Waals surface area contributed by atoms with Crippen molar-refractivity contribution in [3.05, 3.63) is 102 Å². The maximum absolute atomic E-state index is 12.7. The van der Waals surface area contributed by atoms with Crippen molar-refractivity contribution in [3.8, 4) is 11.1 Å². The average molecular weight is 428 g/mol. The van der Waals surface area contributed by atoms with Crippen LogP contribution in [0.3, 0.4) is 0 Å². The van der Waals surface area contributed by atoms with Crippen molar-refractivity contribution < 1.29 is 19.4 Å². The van der Waals surface area contributed by atoms with Crippen LogP contribution in [-0.2, 0) is 14.3 Å². The van der Waals surface area contributed by atoms with Crippen molar-refractivity contribution in [2.24, 2.45) is 11.7 Å². The molecule has 5 heteroatoms. The second-order valence-electron chi connectivity index (χ2n) is 7.89. The number of hydrogen-bond acceptors (Lipinski definition) is 4. The van der Waals surface area contributed by atoms with Gasteiger partial charge in [0, 0.05) is 12.0 Å². The molecule has 3 aromatic carbocycles. The zero-order valence-corrected chi connectivity index (χ0v) is 17.6. The molecule has 0 spiro atoms. The number of ether oxygens (including phenoxy) is 1. The molecule has 0 saturated carbocycles. The molecule has 0 aliphatic heterocycles. The fraction of sp³-hybridized carbons (Fsp3) is 0.185. The summed E-state index contributed by atoms with van der Waals surface area (Å²) in [5.74, 6) is -3.64. The number of carbonyl (C=O) groups is 2. The molecule has 0 amide bonds. The maximum atomic E-state index is 12.7. The molecular weight excluding hydrogens is 402 g/mol. The lowest BCUT2D eigenvalue weighted by atomic mass is 9.96. The molecular formula is C27H25NO4. The van der Waals surface area contributed by atoms with Gasteiger partial charge in [0.2, 0.25) is 0 Å². The lowest BCUT2D eigenvalue weighted by Crippen LogP contribution is -2.41. The van der Waals surface area contributed by atoms with E-state index in [-0.39, 0.29) is 18.9 Å². The molecule has 0 bridgehead atoms. The van der Waals surface area contributed by atoms with Crippen molar-refractivity contribution in [2.75, 3.05) is 6.61 Å². The predicted molar refractivity (Wildman–Crippen MR) is 124 cm³/mol. The molecule has 0 radical (unpaired) electrons. The fourth-order valence-electron chi connectivity index (χ4n) is 4.21. The summed E-state index contributed by atoms with van der Waals surface area (Å²) in [4.78, 5) is 24.5. The van der Waals surface area contributed by atoms with Gasteiger partial charge in [-0.2, -0.15) is 0 Å². The van der Waals surface area contributed by atoms with Gasteiger partial charge < -0.3 is 15.6 Å². The van der Waals surface area contributed by atoms with E-state index in [1.54, 1.807) is 6.08 Å². The van der Waals surface area contributed by atoms with Crippen molar-refractivity contribution >= 4 is 18.0 Å². The Morgan fingerprint density at radius 1 is 0.906 bits per heavy atom. The third-order valence-corrected chi connectivity index (χ3v) is 5.82. The first-order valence-electron chi connectivity index (χ1n) is 10.6. The molecule has 0 saturated heterocycles. The first kappa shape index (κ1) is 21.5. The summed E-state index contributed by atoms with van der Waals surface area (Å²) >= 11 is 0. The summed E-state index contributed by atoms with van der Waals surface area (Å²) in [7, 11) is 0. The topological polar surface area (TPSA) is 89.6 Å². The quantitative estimate of drug-likeness (QED) is 0.409. The molecule has 3 aromatic rings. The number of fused-ring (bicyclic) bond motifs is 3. The number of rotatable bonds is 8. The molecule has 1 unspecified atom stereocenters. The highest BCUT2D eigenvalue weighted by Gasteiger charge is 2.35. The van der Waals surface area contributed by atoms with Gasteiger partial charge in [-0.15, -0.1) is 0 Å². The van der Waals surface area contributed by atoms with E-state index >= 15 is 0 Å². The highest BCUT2D eigenvalue weighted by Crippen LogP contribution is 2.44. The van der Waals surface area contributed by atoms with Crippen molar-refractivity contribution in [1.82, 2.24) is 0 Å². The van der Waals surface area contributed by atoms with Crippen molar-refractivity contribution in [3.63, 3.8) is 0 Å². The van der Waals surface area contributed by atoms with Gasteiger partial charge in [-0.05, 0) is 34.2 Å². The second-order valence-corrected chi connectivity index (χ2v) is 7.89. The van der Waals surface area contributed by atoms with E-state index in [2.05, 4.69) is 0 Å². The minimum Gasteiger partial charge on any atom is -0.481 e. The van der Waals surface area contributed by atoms with Crippen LogP contribution >= 0.6 is 0 Å². The Hall–Kier alpha value is -3.70. The lowest BCUT2D eigenvalue weighted by molar-refractivity contribution is -0.159. The number of benzene rings is 3. The first-order chi connectivity index (χ1) is 15.6. The Bertz CT molecular complexity index is 1090. The van der Waals surface area contributed by atoms with E-state index in [1.807, 2.05) is 84.9 Å². The SMILES string of the molecule is NC(CC=Cc1ccccc1)[C@H](C(=O)O)C(=O)OCC1c2ccccc2-c2ccccc21. The summed E-state index contributed by atoms with van der Waals surface area (Å²) in [6.45, 7) is 0.0726. The van der Waals surface area contributed by atoms with Crippen LogP contribution in [0.2, 0.25) is 0 Å². The Morgan fingerprint density at radius 3 is 2.06 bits per heavy atom. The van der Waals surface area contributed by atoms with E-state index in [0.717, 1.165) is 27.8 Å². The van der Waals surface area contributed by atoms with Crippen molar-refractivity contribution in [2.45, 2.75) is 18.4 Å². The number of carboxylic acid groups (broad SMARTS) is 1. The number of carbonyl (C=O) groups excluding carboxylic acids is 1. The standard InChI is InChI=1S/C27H25NO4/c28-24(16-8-11-18-9-2-1-3-10-18)25(26(29)30)27(31)32-17-23-21-14-6-4-12-19(21)20-13-5-7-15-22(20)23/h1-15,23-25H,16-17,28H2,(H,29,30)/t24?,25-/m1/s1. The number of esters is 1. The highest BCUT2D eigenvalue weighted by molar-refractivity contribution is 5.95. The minimum absolute atomic E-state index is 0.0726. The van der Waals surface area contributed by atoms with E-state index in [9.17, 15) is 14.7 Å². The Kier molecular flexibility index (Phi) is 6.47. The number of aliphatic carboxylic acids is 1. The molecule has 1 aliphatic carbocycles. The third-order valence-electron chi connectivity index (χ3n) is 5.82. The van der Waals surface area contributed by atoms with Crippen molar-refractivity contribution in [1.29, 1.82) is 0 Å². The largest absolute Gasteiger partial charge is 0.481 e. The molecule has 0 fully saturated rings. The molecule has 5 nitrogen and oxygen atoms in total. The molecule has 162 valence electrons. The zero-order valence-electron chi connectivity index (χ0n) is 17.6. The molecule has 1 aliphatic rings. The summed E-state index contributed by atoms with van der Waals surface area (Å²) in [5, 5.41) is 9.63. The van der Waals surface area contributed by atoms with Gasteiger partial charge in [-0.25, -0.2) is 0 Å². The van der Waals surface area contributed by atoms with E-state index in [0.29, 0.717) is 0 Å². The molecule has 0 heterocycles. The Morgan fingerprint density at radius 2 is 1.47 bits per heavy atom. The smallest absolute Gasteiger partial charge is 0.321 e.